The Labute approximate surface area is 104 Å². The minimum atomic E-state index is -0.934. The lowest BCUT2D eigenvalue weighted by molar-refractivity contribution is -0.140. The summed E-state index contributed by atoms with van der Waals surface area (Å²) in [6.07, 6.45) is 1.65. The normalized spacial score (nSPS) is 11.8. The summed E-state index contributed by atoms with van der Waals surface area (Å²) in [5.74, 6) is -0.831. The lowest BCUT2D eigenvalue weighted by atomic mass is 10.00. The summed E-state index contributed by atoms with van der Waals surface area (Å²) in [5.41, 5.74) is 1.44. The van der Waals surface area contributed by atoms with Crippen molar-refractivity contribution in [1.29, 1.82) is 5.26 Å². The summed E-state index contributed by atoms with van der Waals surface area (Å²) >= 11 is 0. The van der Waals surface area contributed by atoms with E-state index in [1.54, 1.807) is 19.4 Å². The van der Waals surface area contributed by atoms with Gasteiger partial charge in [0.2, 0.25) is 0 Å². The van der Waals surface area contributed by atoms with Gasteiger partial charge in [0.1, 0.15) is 5.75 Å². The van der Waals surface area contributed by atoms with E-state index in [-0.39, 0.29) is 0 Å². The van der Waals surface area contributed by atoms with Gasteiger partial charge in [-0.15, -0.1) is 0 Å². The molecule has 0 amide bonds. The van der Waals surface area contributed by atoms with Crippen LogP contribution in [-0.2, 0) is 9.53 Å². The Balaban J connectivity index is 2.57. The highest BCUT2D eigenvalue weighted by Gasteiger charge is 2.24. The molecule has 0 aliphatic heterocycles. The summed E-state index contributed by atoms with van der Waals surface area (Å²) in [6, 6.07) is 7.38. The topological polar surface area (TPSA) is 75.1 Å². The van der Waals surface area contributed by atoms with Gasteiger partial charge >= 0.3 is 5.97 Å². The van der Waals surface area contributed by atoms with Crippen LogP contribution in [0.3, 0.4) is 0 Å². The number of hydrogen-bond donors (Lipinski definition) is 1. The van der Waals surface area contributed by atoms with Crippen LogP contribution in [0.1, 0.15) is 11.5 Å². The Morgan fingerprint density at radius 2 is 2.22 bits per heavy atom. The SMILES string of the molecule is COC(=O)C(C#N)c1c[nH]c2ccc(OC)cc12. The van der Waals surface area contributed by atoms with E-state index < -0.39 is 11.9 Å². The van der Waals surface area contributed by atoms with Gasteiger partial charge in [0.05, 0.1) is 20.3 Å². The quantitative estimate of drug-likeness (QED) is 0.837. The molecule has 0 aliphatic carbocycles. The first-order valence-electron chi connectivity index (χ1n) is 5.33. The second-order valence-electron chi connectivity index (χ2n) is 3.74. The lowest BCUT2D eigenvalue weighted by Crippen LogP contribution is -2.11. The van der Waals surface area contributed by atoms with Gasteiger partial charge in [-0.1, -0.05) is 0 Å². The number of aromatic nitrogens is 1. The molecule has 92 valence electrons. The fraction of sp³-hybridized carbons (Fsp3) is 0.231. The van der Waals surface area contributed by atoms with Crippen molar-refractivity contribution in [2.45, 2.75) is 5.92 Å². The zero-order valence-electron chi connectivity index (χ0n) is 10.1. The number of carbonyl (C=O) groups is 1. The van der Waals surface area contributed by atoms with Crippen LogP contribution in [0, 0.1) is 11.3 Å². The molecule has 0 radical (unpaired) electrons. The highest BCUT2D eigenvalue weighted by Crippen LogP contribution is 2.29. The molecule has 18 heavy (non-hydrogen) atoms. The zero-order valence-corrected chi connectivity index (χ0v) is 10.1. The summed E-state index contributed by atoms with van der Waals surface area (Å²) < 4.78 is 9.76. The standard InChI is InChI=1S/C13H12N2O3/c1-17-8-3-4-12-9(5-8)11(7-15-12)10(6-14)13(16)18-2/h3-5,7,10,15H,1-2H3. The number of aromatic amines is 1. The molecule has 5 nitrogen and oxygen atoms in total. The maximum absolute atomic E-state index is 11.5. The zero-order chi connectivity index (χ0) is 13.1. The van der Waals surface area contributed by atoms with Crippen molar-refractivity contribution in [2.24, 2.45) is 0 Å². The molecule has 0 bridgehead atoms. The van der Waals surface area contributed by atoms with Gasteiger partial charge in [0.25, 0.3) is 0 Å². The van der Waals surface area contributed by atoms with Crippen LogP contribution in [0.2, 0.25) is 0 Å². The molecule has 1 N–H and O–H groups in total. The second kappa shape index (κ2) is 4.80. The highest BCUT2D eigenvalue weighted by atomic mass is 16.5. The molecular formula is C13H12N2O3. The lowest BCUT2D eigenvalue weighted by Gasteiger charge is -2.06. The highest BCUT2D eigenvalue weighted by molar-refractivity contribution is 5.92. The van der Waals surface area contributed by atoms with Gasteiger partial charge in [-0.3, -0.25) is 4.79 Å². The number of rotatable bonds is 3. The van der Waals surface area contributed by atoms with E-state index in [2.05, 4.69) is 9.72 Å². The van der Waals surface area contributed by atoms with Crippen LogP contribution in [0.5, 0.6) is 5.75 Å². The molecular weight excluding hydrogens is 232 g/mol. The molecule has 2 aromatic rings. The van der Waals surface area contributed by atoms with Gasteiger partial charge in [-0.25, -0.2) is 0 Å². The minimum Gasteiger partial charge on any atom is -0.497 e. The Kier molecular flexibility index (Phi) is 3.20. The number of ether oxygens (including phenoxy) is 2. The molecule has 5 heteroatoms. The first-order chi connectivity index (χ1) is 8.71. The smallest absolute Gasteiger partial charge is 0.327 e. The summed E-state index contributed by atoms with van der Waals surface area (Å²) in [4.78, 5) is 14.6. The van der Waals surface area contributed by atoms with Crippen LogP contribution in [0.15, 0.2) is 24.4 Å². The molecule has 0 aliphatic rings. The number of nitriles is 1. The van der Waals surface area contributed by atoms with E-state index in [1.165, 1.54) is 7.11 Å². The third-order valence-corrected chi connectivity index (χ3v) is 2.80. The van der Waals surface area contributed by atoms with E-state index >= 15 is 0 Å². The molecule has 2 rings (SSSR count). The van der Waals surface area contributed by atoms with Gasteiger partial charge in [-0.05, 0) is 18.2 Å². The number of H-pyrrole nitrogens is 1. The van der Waals surface area contributed by atoms with Crippen molar-refractivity contribution in [1.82, 2.24) is 4.98 Å². The van der Waals surface area contributed by atoms with E-state index in [0.717, 1.165) is 10.9 Å². The number of esters is 1. The maximum atomic E-state index is 11.5. The van der Waals surface area contributed by atoms with Crippen molar-refractivity contribution < 1.29 is 14.3 Å². The molecule has 0 fully saturated rings. The van der Waals surface area contributed by atoms with Gasteiger partial charge in [-0.2, -0.15) is 5.26 Å². The van der Waals surface area contributed by atoms with Crippen molar-refractivity contribution >= 4 is 16.9 Å². The molecule has 1 aromatic heterocycles. The summed E-state index contributed by atoms with van der Waals surface area (Å²) in [6.45, 7) is 0. The number of carbonyl (C=O) groups excluding carboxylic acids is 1. The third-order valence-electron chi connectivity index (χ3n) is 2.80. The Hall–Kier alpha value is -2.48. The van der Waals surface area contributed by atoms with Crippen LogP contribution >= 0.6 is 0 Å². The van der Waals surface area contributed by atoms with Crippen LogP contribution in [0.4, 0.5) is 0 Å². The molecule has 1 unspecified atom stereocenters. The van der Waals surface area contributed by atoms with Crippen molar-refractivity contribution in [3.63, 3.8) is 0 Å². The summed E-state index contributed by atoms with van der Waals surface area (Å²) in [5, 5.41) is 9.87. The average molecular weight is 244 g/mol. The van der Waals surface area contributed by atoms with Gasteiger partial charge in [0.15, 0.2) is 5.92 Å². The Morgan fingerprint density at radius 3 is 2.83 bits per heavy atom. The Morgan fingerprint density at radius 1 is 1.44 bits per heavy atom. The van der Waals surface area contributed by atoms with Crippen molar-refractivity contribution in [3.05, 3.63) is 30.0 Å². The number of methoxy groups -OCH3 is 2. The van der Waals surface area contributed by atoms with E-state index in [4.69, 9.17) is 10.00 Å². The van der Waals surface area contributed by atoms with Crippen molar-refractivity contribution in [3.8, 4) is 11.8 Å². The molecule has 1 heterocycles. The Bertz CT molecular complexity index is 625. The maximum Gasteiger partial charge on any atom is 0.327 e. The van der Waals surface area contributed by atoms with Gasteiger partial charge < -0.3 is 14.5 Å². The predicted molar refractivity (Wildman–Crippen MR) is 65.2 cm³/mol. The van der Waals surface area contributed by atoms with Crippen LogP contribution in [-0.4, -0.2) is 25.2 Å². The van der Waals surface area contributed by atoms with Crippen molar-refractivity contribution in [2.75, 3.05) is 14.2 Å². The summed E-state index contributed by atoms with van der Waals surface area (Å²) in [7, 11) is 2.83. The molecule has 1 aromatic carbocycles. The molecule has 0 spiro atoms. The molecule has 0 saturated heterocycles. The van der Waals surface area contributed by atoms with E-state index in [1.807, 2.05) is 18.2 Å². The number of fused-ring (bicyclic) bond motifs is 1. The second-order valence-corrected chi connectivity index (χ2v) is 3.74. The third kappa shape index (κ3) is 1.89. The fourth-order valence-corrected chi connectivity index (χ4v) is 1.85. The predicted octanol–water partition coefficient (Wildman–Crippen LogP) is 1.96. The first kappa shape index (κ1) is 12.0. The van der Waals surface area contributed by atoms with Crippen LogP contribution < -0.4 is 4.74 Å². The fourth-order valence-electron chi connectivity index (χ4n) is 1.85. The first-order valence-corrected chi connectivity index (χ1v) is 5.33. The minimum absolute atomic E-state index is 0.568. The van der Waals surface area contributed by atoms with E-state index in [9.17, 15) is 4.79 Å². The largest absolute Gasteiger partial charge is 0.497 e. The molecule has 1 atom stereocenters. The number of nitrogens with one attached hydrogen (secondary N) is 1. The van der Waals surface area contributed by atoms with E-state index in [0.29, 0.717) is 11.3 Å². The number of nitrogens with zero attached hydrogens (tertiary/aromatic N) is 1. The average Bonchev–Trinajstić information content (AvgIpc) is 2.82. The number of benzene rings is 1. The monoisotopic (exact) mass is 244 g/mol. The van der Waals surface area contributed by atoms with Crippen LogP contribution in [0.25, 0.3) is 10.9 Å². The number of hydrogen-bond acceptors (Lipinski definition) is 4. The van der Waals surface area contributed by atoms with Gasteiger partial charge in [0, 0.05) is 22.7 Å². The molecule has 0 saturated carbocycles.